The highest BCUT2D eigenvalue weighted by molar-refractivity contribution is 9.10. The molecule has 17 heavy (non-hydrogen) atoms. The summed E-state index contributed by atoms with van der Waals surface area (Å²) in [5, 5.41) is 0.779. The van der Waals surface area contributed by atoms with Crippen LogP contribution in [-0.2, 0) is 0 Å². The summed E-state index contributed by atoms with van der Waals surface area (Å²) in [5.74, 6) is 1.22. The number of thioether (sulfide) groups is 1. The highest BCUT2D eigenvalue weighted by Crippen LogP contribution is 2.26. The van der Waals surface area contributed by atoms with Crippen molar-refractivity contribution in [3.05, 3.63) is 22.9 Å². The average molecular weight is 315 g/mol. The molecule has 0 amide bonds. The van der Waals surface area contributed by atoms with Gasteiger partial charge in [0.05, 0.1) is 11.9 Å². The molecule has 1 aromatic rings. The summed E-state index contributed by atoms with van der Waals surface area (Å²) in [4.78, 5) is 6.75. The minimum absolute atomic E-state index is 0.779. The topological polar surface area (TPSA) is 16.1 Å². The predicted molar refractivity (Wildman–Crippen MR) is 79.9 cm³/mol. The van der Waals surface area contributed by atoms with Gasteiger partial charge in [-0.05, 0) is 40.6 Å². The molecule has 2 rings (SSSR count). The normalized spacial score (nSPS) is 21.3. The number of nitrogens with zero attached hydrogens (tertiary/aromatic N) is 2. The van der Waals surface area contributed by atoms with Gasteiger partial charge < -0.3 is 4.90 Å². The molecular formula is C13H19BrN2S. The van der Waals surface area contributed by atoms with Crippen molar-refractivity contribution in [3.63, 3.8) is 0 Å². The second kappa shape index (κ2) is 6.64. The lowest BCUT2D eigenvalue weighted by atomic mass is 10.2. The Kier molecular flexibility index (Phi) is 5.16. The zero-order chi connectivity index (χ0) is 12.1. The van der Waals surface area contributed by atoms with Crippen LogP contribution in [0.15, 0.2) is 22.9 Å². The third kappa shape index (κ3) is 3.88. The number of pyridine rings is 1. The van der Waals surface area contributed by atoms with Crippen LogP contribution >= 0.6 is 27.7 Å². The number of rotatable bonds is 3. The van der Waals surface area contributed by atoms with E-state index in [1.54, 1.807) is 0 Å². The van der Waals surface area contributed by atoms with Gasteiger partial charge >= 0.3 is 0 Å². The zero-order valence-electron chi connectivity index (χ0n) is 10.2. The van der Waals surface area contributed by atoms with E-state index in [0.717, 1.165) is 16.3 Å². The molecule has 1 fully saturated rings. The Morgan fingerprint density at radius 1 is 1.47 bits per heavy atom. The van der Waals surface area contributed by atoms with Crippen molar-refractivity contribution in [2.24, 2.45) is 0 Å². The van der Waals surface area contributed by atoms with Crippen LogP contribution in [0.5, 0.6) is 0 Å². The van der Waals surface area contributed by atoms with Crippen molar-refractivity contribution in [2.45, 2.75) is 31.4 Å². The van der Waals surface area contributed by atoms with Gasteiger partial charge in [0, 0.05) is 29.0 Å². The molecule has 1 aliphatic heterocycles. The maximum Gasteiger partial charge on any atom is 0.0564 e. The fourth-order valence-electron chi connectivity index (χ4n) is 2.28. The predicted octanol–water partition coefficient (Wildman–Crippen LogP) is 3.96. The zero-order valence-corrected chi connectivity index (χ0v) is 12.6. The highest BCUT2D eigenvalue weighted by Gasteiger charge is 2.18. The molecule has 94 valence electrons. The molecule has 0 bridgehead atoms. The van der Waals surface area contributed by atoms with Gasteiger partial charge in [-0.3, -0.25) is 4.98 Å². The van der Waals surface area contributed by atoms with Crippen molar-refractivity contribution >= 4 is 33.4 Å². The molecular weight excluding hydrogens is 296 g/mol. The Hall–Kier alpha value is -0.220. The van der Waals surface area contributed by atoms with E-state index in [2.05, 4.69) is 50.6 Å². The first-order chi connectivity index (χ1) is 8.29. The Bertz CT molecular complexity index is 359. The molecule has 1 aliphatic rings. The molecule has 2 nitrogen and oxygen atoms in total. The van der Waals surface area contributed by atoms with E-state index in [1.165, 1.54) is 37.2 Å². The van der Waals surface area contributed by atoms with E-state index in [4.69, 9.17) is 0 Å². The highest BCUT2D eigenvalue weighted by atomic mass is 79.9. The maximum atomic E-state index is 4.27. The summed E-state index contributed by atoms with van der Waals surface area (Å²) in [7, 11) is 0. The van der Waals surface area contributed by atoms with Crippen LogP contribution in [-0.4, -0.2) is 29.1 Å². The lowest BCUT2D eigenvalue weighted by molar-refractivity contribution is 0.736. The molecule has 0 aliphatic carbocycles. The molecule has 0 saturated carbocycles. The van der Waals surface area contributed by atoms with E-state index in [-0.39, 0.29) is 0 Å². The summed E-state index contributed by atoms with van der Waals surface area (Å²) >= 11 is 5.59. The van der Waals surface area contributed by atoms with Gasteiger partial charge in [0.15, 0.2) is 0 Å². The number of hydrogen-bond acceptors (Lipinski definition) is 3. The first kappa shape index (κ1) is 13.2. The molecule has 2 heterocycles. The largest absolute Gasteiger partial charge is 0.369 e. The van der Waals surface area contributed by atoms with Crippen LogP contribution in [0.2, 0.25) is 0 Å². The lowest BCUT2D eigenvalue weighted by Crippen LogP contribution is -2.29. The van der Waals surface area contributed by atoms with Gasteiger partial charge in [-0.25, -0.2) is 0 Å². The van der Waals surface area contributed by atoms with Gasteiger partial charge in [0.1, 0.15) is 0 Å². The summed E-state index contributed by atoms with van der Waals surface area (Å²) in [6.07, 6.45) is 7.84. The second-order valence-electron chi connectivity index (χ2n) is 4.38. The molecule has 0 N–H and O–H groups in total. The van der Waals surface area contributed by atoms with E-state index in [9.17, 15) is 0 Å². The quantitative estimate of drug-likeness (QED) is 0.840. The minimum atomic E-state index is 0.779. The average Bonchev–Trinajstić information content (AvgIpc) is 2.55. The molecule has 0 radical (unpaired) electrons. The summed E-state index contributed by atoms with van der Waals surface area (Å²) in [5.41, 5.74) is 1.25. The number of anilines is 1. The van der Waals surface area contributed by atoms with Gasteiger partial charge in [-0.2, -0.15) is 11.8 Å². The number of hydrogen-bond donors (Lipinski definition) is 0. The summed E-state index contributed by atoms with van der Waals surface area (Å²) in [6, 6.07) is 2.17. The van der Waals surface area contributed by atoms with Crippen LogP contribution in [0.3, 0.4) is 0 Å². The maximum absolute atomic E-state index is 4.27. The standard InChI is InChI=1S/C13H19BrN2S/c1-2-17-13-5-3-4-6-16(10-13)12-7-11(14)8-15-9-12/h7-9,13H,2-6,10H2,1H3. The lowest BCUT2D eigenvalue weighted by Gasteiger charge is -2.25. The van der Waals surface area contributed by atoms with E-state index in [0.29, 0.717) is 0 Å². The van der Waals surface area contributed by atoms with Crippen LogP contribution in [0.4, 0.5) is 5.69 Å². The second-order valence-corrected chi connectivity index (χ2v) is 6.87. The first-order valence-electron chi connectivity index (χ1n) is 6.26. The number of halogens is 1. The Morgan fingerprint density at radius 3 is 3.12 bits per heavy atom. The van der Waals surface area contributed by atoms with Crippen LogP contribution in [0, 0.1) is 0 Å². The summed E-state index contributed by atoms with van der Waals surface area (Å²) in [6.45, 7) is 4.58. The fraction of sp³-hybridized carbons (Fsp3) is 0.615. The van der Waals surface area contributed by atoms with Crippen molar-refractivity contribution in [1.82, 2.24) is 4.98 Å². The van der Waals surface area contributed by atoms with Gasteiger partial charge in [-0.15, -0.1) is 0 Å². The van der Waals surface area contributed by atoms with Crippen molar-refractivity contribution < 1.29 is 0 Å². The van der Waals surface area contributed by atoms with E-state index in [1.807, 2.05) is 12.4 Å². The van der Waals surface area contributed by atoms with Gasteiger partial charge in [0.25, 0.3) is 0 Å². The smallest absolute Gasteiger partial charge is 0.0564 e. The molecule has 0 aromatic carbocycles. The van der Waals surface area contributed by atoms with Crippen molar-refractivity contribution in [3.8, 4) is 0 Å². The fourth-order valence-corrected chi connectivity index (χ4v) is 3.73. The van der Waals surface area contributed by atoms with Crippen LogP contribution in [0.25, 0.3) is 0 Å². The van der Waals surface area contributed by atoms with Crippen LogP contribution in [0.1, 0.15) is 26.2 Å². The van der Waals surface area contributed by atoms with E-state index >= 15 is 0 Å². The Morgan fingerprint density at radius 2 is 2.35 bits per heavy atom. The Labute approximate surface area is 116 Å². The number of aromatic nitrogens is 1. The molecule has 4 heteroatoms. The first-order valence-corrected chi connectivity index (χ1v) is 8.11. The van der Waals surface area contributed by atoms with Crippen LogP contribution < -0.4 is 4.90 Å². The molecule has 1 saturated heterocycles. The SMILES string of the molecule is CCSC1CCCCN(c2cncc(Br)c2)C1. The van der Waals surface area contributed by atoms with Crippen molar-refractivity contribution in [2.75, 3.05) is 23.7 Å². The Balaban J connectivity index is 2.08. The molecule has 1 atom stereocenters. The summed E-state index contributed by atoms with van der Waals surface area (Å²) < 4.78 is 1.07. The molecule has 0 spiro atoms. The third-order valence-electron chi connectivity index (χ3n) is 3.09. The minimum Gasteiger partial charge on any atom is -0.369 e. The van der Waals surface area contributed by atoms with Gasteiger partial charge in [0.2, 0.25) is 0 Å². The van der Waals surface area contributed by atoms with Crippen molar-refractivity contribution in [1.29, 1.82) is 0 Å². The molecule has 1 aromatic heterocycles. The third-order valence-corrected chi connectivity index (χ3v) is 4.71. The molecule has 1 unspecified atom stereocenters. The van der Waals surface area contributed by atoms with Gasteiger partial charge in [-0.1, -0.05) is 13.3 Å². The van der Waals surface area contributed by atoms with E-state index < -0.39 is 0 Å². The monoisotopic (exact) mass is 314 g/mol.